The van der Waals surface area contributed by atoms with Crippen molar-refractivity contribution in [1.29, 1.82) is 0 Å². The fraction of sp³-hybridized carbons (Fsp3) is 0.458. The molecule has 1 aromatic carbocycles. The first-order valence-corrected chi connectivity index (χ1v) is 12.1. The zero-order valence-electron chi connectivity index (χ0n) is 19.0. The van der Waals surface area contributed by atoms with Crippen LogP contribution in [0.2, 0.25) is 0 Å². The second-order valence-electron chi connectivity index (χ2n) is 8.02. The number of nitrogens with one attached hydrogen (secondary N) is 2. The lowest BCUT2D eigenvalue weighted by Crippen LogP contribution is -2.44. The average Bonchev–Trinajstić information content (AvgIpc) is 3.24. The number of benzene rings is 1. The van der Waals surface area contributed by atoms with Crippen molar-refractivity contribution in [3.8, 4) is 0 Å². The SMILES string of the molecule is CCCN1CCC(NC(=O)c2sccc2NC(=O)c2cccc(N(CC)C(C)=O)c2)CC1. The Morgan fingerprint density at radius 1 is 1.12 bits per heavy atom. The van der Waals surface area contributed by atoms with Crippen LogP contribution in [0.15, 0.2) is 35.7 Å². The quantitative estimate of drug-likeness (QED) is 0.630. The summed E-state index contributed by atoms with van der Waals surface area (Å²) in [5, 5.41) is 7.80. The third kappa shape index (κ3) is 5.95. The number of piperidine rings is 1. The standard InChI is InChI=1S/C24H32N4O3S/c1-4-12-27-13-9-19(10-14-27)25-24(31)22-21(11-15-32-22)26-23(30)18-7-6-8-20(16-18)28(5-2)17(3)29/h6-8,11,15-16,19H,4-5,9-10,12-14H2,1-3H3,(H,25,31)(H,26,30). The van der Waals surface area contributed by atoms with Crippen molar-refractivity contribution in [2.24, 2.45) is 0 Å². The normalized spacial score (nSPS) is 14.7. The second kappa shape index (κ2) is 11.2. The number of amides is 3. The molecule has 0 unspecified atom stereocenters. The highest BCUT2D eigenvalue weighted by atomic mass is 32.1. The van der Waals surface area contributed by atoms with Gasteiger partial charge in [0.05, 0.1) is 5.69 Å². The maximum Gasteiger partial charge on any atom is 0.263 e. The van der Waals surface area contributed by atoms with Crippen LogP contribution in [0.4, 0.5) is 11.4 Å². The van der Waals surface area contributed by atoms with Crippen LogP contribution in [0.1, 0.15) is 60.1 Å². The molecule has 0 aliphatic carbocycles. The molecular weight excluding hydrogens is 424 g/mol. The van der Waals surface area contributed by atoms with Crippen molar-refractivity contribution in [3.63, 3.8) is 0 Å². The Labute approximate surface area is 193 Å². The fourth-order valence-corrected chi connectivity index (χ4v) is 4.80. The topological polar surface area (TPSA) is 81.8 Å². The molecule has 1 saturated heterocycles. The summed E-state index contributed by atoms with van der Waals surface area (Å²) in [7, 11) is 0. The molecule has 0 spiro atoms. The third-order valence-corrected chi connectivity index (χ3v) is 6.61. The van der Waals surface area contributed by atoms with Gasteiger partial charge in [-0.25, -0.2) is 0 Å². The van der Waals surface area contributed by atoms with Gasteiger partial charge in [-0.1, -0.05) is 13.0 Å². The summed E-state index contributed by atoms with van der Waals surface area (Å²) in [6.45, 7) is 9.19. The molecule has 2 N–H and O–H groups in total. The van der Waals surface area contributed by atoms with Gasteiger partial charge in [-0.3, -0.25) is 14.4 Å². The van der Waals surface area contributed by atoms with E-state index < -0.39 is 0 Å². The average molecular weight is 457 g/mol. The van der Waals surface area contributed by atoms with Crippen molar-refractivity contribution < 1.29 is 14.4 Å². The molecule has 8 heteroatoms. The van der Waals surface area contributed by atoms with Gasteiger partial charge >= 0.3 is 0 Å². The molecule has 1 aliphatic heterocycles. The molecule has 0 atom stereocenters. The maximum absolute atomic E-state index is 12.9. The van der Waals surface area contributed by atoms with Crippen LogP contribution in [0.25, 0.3) is 0 Å². The molecular formula is C24H32N4O3S. The largest absolute Gasteiger partial charge is 0.348 e. The van der Waals surface area contributed by atoms with E-state index in [4.69, 9.17) is 0 Å². The van der Waals surface area contributed by atoms with Crippen molar-refractivity contribution in [2.75, 3.05) is 36.4 Å². The zero-order valence-corrected chi connectivity index (χ0v) is 19.8. The van der Waals surface area contributed by atoms with E-state index in [2.05, 4.69) is 22.5 Å². The van der Waals surface area contributed by atoms with E-state index in [1.165, 1.54) is 18.3 Å². The molecule has 3 amide bonds. The zero-order chi connectivity index (χ0) is 23.1. The molecule has 2 heterocycles. The number of nitrogens with zero attached hydrogens (tertiary/aromatic N) is 2. The lowest BCUT2D eigenvalue weighted by atomic mass is 10.0. The van der Waals surface area contributed by atoms with Gasteiger partial charge in [0.25, 0.3) is 11.8 Å². The van der Waals surface area contributed by atoms with Gasteiger partial charge in [0.2, 0.25) is 5.91 Å². The number of carbonyl (C=O) groups is 3. The summed E-state index contributed by atoms with van der Waals surface area (Å²) in [5.74, 6) is -0.541. The highest BCUT2D eigenvalue weighted by Gasteiger charge is 2.23. The number of carbonyl (C=O) groups excluding carboxylic acids is 3. The van der Waals surface area contributed by atoms with Crippen LogP contribution in [0.3, 0.4) is 0 Å². The van der Waals surface area contributed by atoms with Gasteiger partial charge in [0, 0.05) is 43.9 Å². The number of anilines is 2. The summed E-state index contributed by atoms with van der Waals surface area (Å²) in [6.07, 6.45) is 3.02. The van der Waals surface area contributed by atoms with Crippen molar-refractivity contribution in [3.05, 3.63) is 46.2 Å². The Morgan fingerprint density at radius 2 is 1.88 bits per heavy atom. The van der Waals surface area contributed by atoms with Gasteiger partial charge in [0.1, 0.15) is 4.88 Å². The molecule has 7 nitrogen and oxygen atoms in total. The van der Waals surface area contributed by atoms with Crippen LogP contribution in [0, 0.1) is 0 Å². The summed E-state index contributed by atoms with van der Waals surface area (Å²) in [4.78, 5) is 42.1. The molecule has 3 rings (SSSR count). The number of rotatable bonds is 8. The van der Waals surface area contributed by atoms with Crippen molar-refractivity contribution in [1.82, 2.24) is 10.2 Å². The van der Waals surface area contributed by atoms with Crippen LogP contribution >= 0.6 is 11.3 Å². The summed E-state index contributed by atoms with van der Waals surface area (Å²) in [5.41, 5.74) is 1.61. The minimum Gasteiger partial charge on any atom is -0.348 e. The minimum atomic E-state index is -0.313. The van der Waals surface area contributed by atoms with Crippen LogP contribution in [0.5, 0.6) is 0 Å². The first kappa shape index (κ1) is 23.9. The Bertz CT molecular complexity index is 950. The first-order chi connectivity index (χ1) is 15.4. The summed E-state index contributed by atoms with van der Waals surface area (Å²) < 4.78 is 0. The van der Waals surface area contributed by atoms with Crippen molar-refractivity contribution in [2.45, 2.75) is 46.1 Å². The van der Waals surface area contributed by atoms with Gasteiger partial charge in [-0.05, 0) is 62.4 Å². The second-order valence-corrected chi connectivity index (χ2v) is 8.94. The van der Waals surface area contributed by atoms with E-state index >= 15 is 0 Å². The Hall–Kier alpha value is -2.71. The number of likely N-dealkylation sites (tertiary alicyclic amines) is 1. The highest BCUT2D eigenvalue weighted by Crippen LogP contribution is 2.25. The molecule has 172 valence electrons. The summed E-state index contributed by atoms with van der Waals surface area (Å²) >= 11 is 1.32. The van der Waals surface area contributed by atoms with Crippen LogP contribution in [-0.4, -0.2) is 54.8 Å². The van der Waals surface area contributed by atoms with E-state index in [-0.39, 0.29) is 23.8 Å². The van der Waals surface area contributed by atoms with E-state index in [1.807, 2.05) is 6.92 Å². The fourth-order valence-electron chi connectivity index (χ4n) is 4.05. The monoisotopic (exact) mass is 456 g/mol. The molecule has 1 fully saturated rings. The molecule has 0 bridgehead atoms. The van der Waals surface area contributed by atoms with E-state index in [0.29, 0.717) is 28.4 Å². The highest BCUT2D eigenvalue weighted by molar-refractivity contribution is 7.12. The molecule has 0 radical (unpaired) electrons. The predicted molar refractivity (Wildman–Crippen MR) is 130 cm³/mol. The smallest absolute Gasteiger partial charge is 0.263 e. The molecule has 2 aromatic rings. The molecule has 0 saturated carbocycles. The van der Waals surface area contributed by atoms with E-state index in [0.717, 1.165) is 38.9 Å². The van der Waals surface area contributed by atoms with Gasteiger partial charge in [-0.15, -0.1) is 11.3 Å². The number of thiophene rings is 1. The molecule has 1 aromatic heterocycles. The van der Waals surface area contributed by atoms with Gasteiger partial charge in [-0.2, -0.15) is 0 Å². The van der Waals surface area contributed by atoms with E-state index in [9.17, 15) is 14.4 Å². The third-order valence-electron chi connectivity index (χ3n) is 5.70. The van der Waals surface area contributed by atoms with Crippen LogP contribution < -0.4 is 15.5 Å². The molecule has 1 aliphatic rings. The minimum absolute atomic E-state index is 0.0811. The Kier molecular flexibility index (Phi) is 8.41. The number of hydrogen-bond donors (Lipinski definition) is 2. The van der Waals surface area contributed by atoms with Gasteiger partial charge in [0.15, 0.2) is 0 Å². The number of hydrogen-bond acceptors (Lipinski definition) is 5. The van der Waals surface area contributed by atoms with E-state index in [1.54, 1.807) is 40.6 Å². The first-order valence-electron chi connectivity index (χ1n) is 11.2. The Morgan fingerprint density at radius 3 is 2.53 bits per heavy atom. The lowest BCUT2D eigenvalue weighted by molar-refractivity contribution is -0.116. The van der Waals surface area contributed by atoms with Gasteiger partial charge < -0.3 is 20.4 Å². The summed E-state index contributed by atoms with van der Waals surface area (Å²) in [6, 6.07) is 8.85. The lowest BCUT2D eigenvalue weighted by Gasteiger charge is -2.32. The Balaban J connectivity index is 1.64. The predicted octanol–water partition coefficient (Wildman–Crippen LogP) is 3.98. The van der Waals surface area contributed by atoms with Crippen LogP contribution in [-0.2, 0) is 4.79 Å². The molecule has 32 heavy (non-hydrogen) atoms. The maximum atomic E-state index is 12.9. The van der Waals surface area contributed by atoms with Crippen molar-refractivity contribution >= 4 is 40.4 Å².